The molecule has 0 saturated carbocycles. The Morgan fingerprint density at radius 1 is 1.11 bits per heavy atom. The van der Waals surface area contributed by atoms with Gasteiger partial charge in [0.1, 0.15) is 0 Å². The van der Waals surface area contributed by atoms with E-state index in [1.165, 1.54) is 23.3 Å². The van der Waals surface area contributed by atoms with Gasteiger partial charge >= 0.3 is 0 Å². The molecular formula is C16H18OS. The fraction of sp³-hybridized carbons (Fsp3) is 0.312. The van der Waals surface area contributed by atoms with Gasteiger partial charge in [0, 0.05) is 10.4 Å². The second kappa shape index (κ2) is 5.96. The van der Waals surface area contributed by atoms with Crippen molar-refractivity contribution in [2.24, 2.45) is 0 Å². The summed E-state index contributed by atoms with van der Waals surface area (Å²) < 4.78 is 0. The summed E-state index contributed by atoms with van der Waals surface area (Å²) in [5.74, 6) is 0.134. The predicted octanol–water partition coefficient (Wildman–Crippen LogP) is 4.63. The lowest BCUT2D eigenvalue weighted by molar-refractivity contribution is 0.104. The molecule has 0 aliphatic heterocycles. The Bertz CT molecular complexity index is 522. The number of rotatable bonds is 5. The topological polar surface area (TPSA) is 17.1 Å². The normalized spacial score (nSPS) is 10.6. The zero-order valence-electron chi connectivity index (χ0n) is 10.9. The second-order valence-corrected chi connectivity index (χ2v) is 5.83. The van der Waals surface area contributed by atoms with Crippen molar-refractivity contribution in [2.75, 3.05) is 0 Å². The highest BCUT2D eigenvalue weighted by Crippen LogP contribution is 2.19. The molecule has 1 nitrogen and oxygen atoms in total. The number of aryl methyl sites for hydroxylation is 2. The molecule has 2 rings (SSSR count). The quantitative estimate of drug-likeness (QED) is 0.715. The van der Waals surface area contributed by atoms with Crippen molar-refractivity contribution in [1.82, 2.24) is 0 Å². The summed E-state index contributed by atoms with van der Waals surface area (Å²) >= 11 is 1.56. The van der Waals surface area contributed by atoms with Gasteiger partial charge in [-0.25, -0.2) is 0 Å². The summed E-state index contributed by atoms with van der Waals surface area (Å²) in [6, 6.07) is 11.9. The molecule has 0 N–H and O–H groups in total. The van der Waals surface area contributed by atoms with Gasteiger partial charge in [-0.3, -0.25) is 4.79 Å². The summed E-state index contributed by atoms with van der Waals surface area (Å²) in [7, 11) is 0. The number of hydrogen-bond donors (Lipinski definition) is 0. The molecule has 0 saturated heterocycles. The standard InChI is InChI=1S/C16H18OS/c1-3-4-5-13-7-9-14(10-8-13)16(17)15-11-6-12(2)18-15/h6-11H,3-5H2,1-2H3. The van der Waals surface area contributed by atoms with Gasteiger partial charge in [0.15, 0.2) is 0 Å². The van der Waals surface area contributed by atoms with Gasteiger partial charge in [-0.15, -0.1) is 11.3 Å². The average molecular weight is 258 g/mol. The van der Waals surface area contributed by atoms with Crippen LogP contribution in [0.1, 0.15) is 45.4 Å². The van der Waals surface area contributed by atoms with Crippen LogP contribution in [0.2, 0.25) is 0 Å². The SMILES string of the molecule is CCCCc1ccc(C(=O)c2ccc(C)s2)cc1. The van der Waals surface area contributed by atoms with Crippen molar-refractivity contribution in [3.8, 4) is 0 Å². The number of thiophene rings is 1. The van der Waals surface area contributed by atoms with Crippen molar-refractivity contribution in [3.63, 3.8) is 0 Å². The molecule has 2 heteroatoms. The van der Waals surface area contributed by atoms with E-state index in [0.717, 1.165) is 16.9 Å². The highest BCUT2D eigenvalue weighted by molar-refractivity contribution is 7.14. The molecule has 1 aromatic carbocycles. The van der Waals surface area contributed by atoms with E-state index >= 15 is 0 Å². The van der Waals surface area contributed by atoms with E-state index in [4.69, 9.17) is 0 Å². The van der Waals surface area contributed by atoms with E-state index in [2.05, 4.69) is 19.1 Å². The maximum atomic E-state index is 12.2. The van der Waals surface area contributed by atoms with E-state index in [1.807, 2.05) is 31.2 Å². The first-order valence-corrected chi connectivity index (χ1v) is 7.22. The number of ketones is 1. The molecule has 0 spiro atoms. The molecular weight excluding hydrogens is 240 g/mol. The molecule has 18 heavy (non-hydrogen) atoms. The van der Waals surface area contributed by atoms with Crippen LogP contribution in [-0.4, -0.2) is 5.78 Å². The molecule has 0 aliphatic rings. The summed E-state index contributed by atoms with van der Waals surface area (Å²) in [5, 5.41) is 0. The Morgan fingerprint density at radius 2 is 1.83 bits per heavy atom. The third-order valence-electron chi connectivity index (χ3n) is 3.00. The number of carbonyl (C=O) groups excluding carboxylic acids is 1. The second-order valence-electron chi connectivity index (χ2n) is 4.54. The minimum atomic E-state index is 0.134. The minimum Gasteiger partial charge on any atom is -0.288 e. The molecule has 1 aromatic heterocycles. The van der Waals surface area contributed by atoms with Gasteiger partial charge in [0.25, 0.3) is 0 Å². The fourth-order valence-corrected chi connectivity index (χ4v) is 2.73. The van der Waals surface area contributed by atoms with Crippen LogP contribution in [0.15, 0.2) is 36.4 Å². The van der Waals surface area contributed by atoms with Gasteiger partial charge in [-0.1, -0.05) is 37.6 Å². The van der Waals surface area contributed by atoms with Crippen LogP contribution in [0.3, 0.4) is 0 Å². The van der Waals surface area contributed by atoms with Crippen molar-refractivity contribution in [1.29, 1.82) is 0 Å². The largest absolute Gasteiger partial charge is 0.288 e. The zero-order valence-corrected chi connectivity index (χ0v) is 11.7. The monoisotopic (exact) mass is 258 g/mol. The molecule has 0 amide bonds. The van der Waals surface area contributed by atoms with Gasteiger partial charge in [-0.05, 0) is 37.5 Å². The van der Waals surface area contributed by atoms with Crippen molar-refractivity contribution in [3.05, 3.63) is 57.3 Å². The zero-order chi connectivity index (χ0) is 13.0. The minimum absolute atomic E-state index is 0.134. The first-order valence-electron chi connectivity index (χ1n) is 6.41. The van der Waals surface area contributed by atoms with Crippen molar-refractivity contribution in [2.45, 2.75) is 33.1 Å². The highest BCUT2D eigenvalue weighted by Gasteiger charge is 2.10. The molecule has 0 fully saturated rings. The van der Waals surface area contributed by atoms with E-state index < -0.39 is 0 Å². The molecule has 0 aliphatic carbocycles. The van der Waals surface area contributed by atoms with Crippen LogP contribution < -0.4 is 0 Å². The van der Waals surface area contributed by atoms with E-state index in [9.17, 15) is 4.79 Å². The Kier molecular flexibility index (Phi) is 4.32. The third-order valence-corrected chi connectivity index (χ3v) is 4.00. The molecule has 1 heterocycles. The Hall–Kier alpha value is -1.41. The van der Waals surface area contributed by atoms with Crippen LogP contribution in [0, 0.1) is 6.92 Å². The van der Waals surface area contributed by atoms with Crippen LogP contribution in [0.4, 0.5) is 0 Å². The van der Waals surface area contributed by atoms with E-state index in [0.29, 0.717) is 0 Å². The van der Waals surface area contributed by atoms with Crippen LogP contribution >= 0.6 is 11.3 Å². The first kappa shape index (κ1) is 13.0. The van der Waals surface area contributed by atoms with Crippen LogP contribution in [0.25, 0.3) is 0 Å². The van der Waals surface area contributed by atoms with E-state index in [1.54, 1.807) is 11.3 Å². The fourth-order valence-electron chi connectivity index (χ4n) is 1.90. The average Bonchev–Trinajstić information content (AvgIpc) is 2.83. The molecule has 0 bridgehead atoms. The van der Waals surface area contributed by atoms with Crippen LogP contribution in [-0.2, 0) is 6.42 Å². The summed E-state index contributed by atoms with van der Waals surface area (Å²) in [6.45, 7) is 4.21. The molecule has 2 aromatic rings. The maximum Gasteiger partial charge on any atom is 0.202 e. The number of benzene rings is 1. The summed E-state index contributed by atoms with van der Waals surface area (Å²) in [6.07, 6.45) is 3.51. The lowest BCUT2D eigenvalue weighted by atomic mass is 10.0. The summed E-state index contributed by atoms with van der Waals surface area (Å²) in [4.78, 5) is 14.2. The number of carbonyl (C=O) groups is 1. The number of unbranched alkanes of at least 4 members (excludes halogenated alkanes) is 1. The summed E-state index contributed by atoms with van der Waals surface area (Å²) in [5.41, 5.74) is 2.10. The van der Waals surface area contributed by atoms with Gasteiger partial charge < -0.3 is 0 Å². The molecule has 0 atom stereocenters. The van der Waals surface area contributed by atoms with Crippen LogP contribution in [0.5, 0.6) is 0 Å². The third kappa shape index (κ3) is 3.08. The predicted molar refractivity (Wildman–Crippen MR) is 77.5 cm³/mol. The lowest BCUT2D eigenvalue weighted by Crippen LogP contribution is -1.98. The first-order chi connectivity index (χ1) is 8.70. The Labute approximate surface area is 112 Å². The lowest BCUT2D eigenvalue weighted by Gasteiger charge is -2.02. The van der Waals surface area contributed by atoms with Gasteiger partial charge in [0.05, 0.1) is 4.88 Å². The smallest absolute Gasteiger partial charge is 0.202 e. The maximum absolute atomic E-state index is 12.2. The van der Waals surface area contributed by atoms with E-state index in [-0.39, 0.29) is 5.78 Å². The molecule has 94 valence electrons. The number of hydrogen-bond acceptors (Lipinski definition) is 2. The highest BCUT2D eigenvalue weighted by atomic mass is 32.1. The van der Waals surface area contributed by atoms with Gasteiger partial charge in [-0.2, -0.15) is 0 Å². The van der Waals surface area contributed by atoms with Gasteiger partial charge in [0.2, 0.25) is 5.78 Å². The Morgan fingerprint density at radius 3 is 2.39 bits per heavy atom. The Balaban J connectivity index is 2.12. The van der Waals surface area contributed by atoms with Crippen molar-refractivity contribution < 1.29 is 4.79 Å². The molecule has 0 unspecified atom stereocenters. The molecule has 0 radical (unpaired) electrons. The van der Waals surface area contributed by atoms with Crippen molar-refractivity contribution >= 4 is 17.1 Å².